The third-order valence-corrected chi connectivity index (χ3v) is 2.00. The lowest BCUT2D eigenvalue weighted by Crippen LogP contribution is -2.26. The Morgan fingerprint density at radius 3 is 2.00 bits per heavy atom. The van der Waals surface area contributed by atoms with Gasteiger partial charge in [-0.3, -0.25) is 0 Å². The van der Waals surface area contributed by atoms with Crippen LogP contribution >= 0.6 is 0 Å². The molecule has 0 amide bonds. The Balaban J connectivity index is 4.03. The maximum atomic E-state index is 8.40. The summed E-state index contributed by atoms with van der Waals surface area (Å²) in [7, 11) is 0. The fourth-order valence-corrected chi connectivity index (χ4v) is 1.47. The van der Waals surface area contributed by atoms with Crippen LogP contribution in [0, 0.1) is 35.1 Å². The van der Waals surface area contributed by atoms with Crippen LogP contribution in [0.25, 0.3) is 0 Å². The van der Waals surface area contributed by atoms with Gasteiger partial charge in [-0.1, -0.05) is 33.6 Å². The molecule has 2 nitrogen and oxygen atoms in total. The first-order chi connectivity index (χ1) is 7.56. The zero-order valence-electron chi connectivity index (χ0n) is 11.1. The highest BCUT2D eigenvalue weighted by Crippen LogP contribution is 2.02. The second-order valence-electron chi connectivity index (χ2n) is 4.99. The molecule has 0 aliphatic rings. The Kier molecular flexibility index (Phi) is 8.45. The Bertz CT molecular complexity index is 253. The number of hydrogen-bond acceptors (Lipinski definition) is 2. The van der Waals surface area contributed by atoms with E-state index in [1.54, 1.807) is 0 Å². The highest BCUT2D eigenvalue weighted by atomic mass is 15.1. The highest BCUT2D eigenvalue weighted by Gasteiger charge is 2.04. The van der Waals surface area contributed by atoms with Crippen LogP contribution in [0.1, 0.15) is 47.0 Å². The van der Waals surface area contributed by atoms with E-state index < -0.39 is 0 Å². The van der Waals surface area contributed by atoms with Gasteiger partial charge in [0.25, 0.3) is 0 Å². The standard InChI is InChI=1S/C14H24N2/c1-13(2)11-16(12-14(3)4)10-8-6-5-7-9-15/h13-14H,5-7,11-12H2,1-4H3. The van der Waals surface area contributed by atoms with Crippen LogP contribution in [0.5, 0.6) is 0 Å². The number of nitrogens with zero attached hydrogens (tertiary/aromatic N) is 2. The van der Waals surface area contributed by atoms with Crippen molar-refractivity contribution in [2.45, 2.75) is 47.0 Å². The van der Waals surface area contributed by atoms with Crippen LogP contribution in [0.4, 0.5) is 0 Å². The molecule has 16 heavy (non-hydrogen) atoms. The third-order valence-electron chi connectivity index (χ3n) is 2.00. The molecule has 90 valence electrons. The Labute approximate surface area is 101 Å². The molecule has 0 fully saturated rings. The van der Waals surface area contributed by atoms with E-state index in [1.807, 2.05) is 0 Å². The van der Waals surface area contributed by atoms with Crippen LogP contribution in [0.2, 0.25) is 0 Å². The molecule has 0 heterocycles. The molecule has 0 aromatic heterocycles. The van der Waals surface area contributed by atoms with Gasteiger partial charge in [-0.15, -0.1) is 0 Å². The summed E-state index contributed by atoms with van der Waals surface area (Å²) in [5.41, 5.74) is 0. The Morgan fingerprint density at radius 1 is 1.00 bits per heavy atom. The summed E-state index contributed by atoms with van der Waals surface area (Å²) < 4.78 is 0. The number of hydrogen-bond donors (Lipinski definition) is 0. The van der Waals surface area contributed by atoms with Crippen molar-refractivity contribution in [3.8, 4) is 18.0 Å². The van der Waals surface area contributed by atoms with Crippen molar-refractivity contribution in [2.75, 3.05) is 13.1 Å². The molecule has 0 spiro atoms. The molecule has 0 aliphatic heterocycles. The second kappa shape index (κ2) is 9.10. The van der Waals surface area contributed by atoms with Gasteiger partial charge in [0, 0.05) is 32.0 Å². The van der Waals surface area contributed by atoms with Crippen LogP contribution < -0.4 is 0 Å². The van der Waals surface area contributed by atoms with E-state index in [-0.39, 0.29) is 0 Å². The SMILES string of the molecule is CC(C)CN(C#CCCCC#N)CC(C)C. The fraction of sp³-hybridized carbons (Fsp3) is 0.786. The van der Waals surface area contributed by atoms with E-state index in [0.29, 0.717) is 18.3 Å². The van der Waals surface area contributed by atoms with E-state index >= 15 is 0 Å². The van der Waals surface area contributed by atoms with Crippen LogP contribution in [0.15, 0.2) is 0 Å². The van der Waals surface area contributed by atoms with E-state index in [9.17, 15) is 0 Å². The van der Waals surface area contributed by atoms with Gasteiger partial charge in [-0.2, -0.15) is 5.26 Å². The number of unbranched alkanes of at least 4 members (excludes halogenated alkanes) is 2. The summed E-state index contributed by atoms with van der Waals surface area (Å²) in [5.74, 6) is 4.45. The zero-order valence-corrected chi connectivity index (χ0v) is 11.1. The molecular formula is C14H24N2. The van der Waals surface area contributed by atoms with Crippen LogP contribution in [0.3, 0.4) is 0 Å². The second-order valence-corrected chi connectivity index (χ2v) is 4.99. The third kappa shape index (κ3) is 9.41. The van der Waals surface area contributed by atoms with E-state index in [4.69, 9.17) is 5.26 Å². The monoisotopic (exact) mass is 220 g/mol. The number of nitriles is 1. The quantitative estimate of drug-likeness (QED) is 0.390. The molecule has 0 aromatic rings. The van der Waals surface area contributed by atoms with Crippen molar-refractivity contribution in [3.63, 3.8) is 0 Å². The summed E-state index contributed by atoms with van der Waals surface area (Å²) in [6, 6.07) is 5.35. The number of rotatable bonds is 6. The van der Waals surface area contributed by atoms with Crippen molar-refractivity contribution in [3.05, 3.63) is 0 Å². The van der Waals surface area contributed by atoms with Gasteiger partial charge in [-0.05, 0) is 18.3 Å². The predicted molar refractivity (Wildman–Crippen MR) is 68.5 cm³/mol. The molecule has 0 aliphatic carbocycles. The van der Waals surface area contributed by atoms with E-state index in [0.717, 1.165) is 25.9 Å². The minimum atomic E-state index is 0.614. The molecule has 2 heteroatoms. The molecule has 0 bridgehead atoms. The summed E-state index contributed by atoms with van der Waals surface area (Å²) >= 11 is 0. The Hall–Kier alpha value is -1.15. The molecule has 0 unspecified atom stereocenters. The van der Waals surface area contributed by atoms with Crippen molar-refractivity contribution >= 4 is 0 Å². The molecule has 0 N–H and O–H groups in total. The Morgan fingerprint density at radius 2 is 1.56 bits per heavy atom. The van der Waals surface area contributed by atoms with Gasteiger partial charge >= 0.3 is 0 Å². The molecular weight excluding hydrogens is 196 g/mol. The van der Waals surface area contributed by atoms with Gasteiger partial charge in [-0.25, -0.2) is 0 Å². The molecule has 0 rings (SSSR count). The topological polar surface area (TPSA) is 27.0 Å². The van der Waals surface area contributed by atoms with Gasteiger partial charge in [0.05, 0.1) is 6.07 Å². The normalized spacial score (nSPS) is 9.81. The van der Waals surface area contributed by atoms with Crippen molar-refractivity contribution in [2.24, 2.45) is 11.8 Å². The van der Waals surface area contributed by atoms with E-state index in [2.05, 4.69) is 50.6 Å². The van der Waals surface area contributed by atoms with Crippen LogP contribution in [-0.2, 0) is 0 Å². The van der Waals surface area contributed by atoms with Gasteiger partial charge < -0.3 is 4.90 Å². The first kappa shape index (κ1) is 14.8. The lowest BCUT2D eigenvalue weighted by molar-refractivity contribution is 0.313. The van der Waals surface area contributed by atoms with Crippen LogP contribution in [-0.4, -0.2) is 18.0 Å². The maximum absolute atomic E-state index is 8.40. The van der Waals surface area contributed by atoms with Gasteiger partial charge in [0.15, 0.2) is 0 Å². The van der Waals surface area contributed by atoms with Gasteiger partial charge in [0.2, 0.25) is 0 Å². The van der Waals surface area contributed by atoms with E-state index in [1.165, 1.54) is 0 Å². The lowest BCUT2D eigenvalue weighted by atomic mass is 10.1. The largest absolute Gasteiger partial charge is 0.332 e. The molecule has 0 radical (unpaired) electrons. The molecule has 0 atom stereocenters. The fourth-order valence-electron chi connectivity index (χ4n) is 1.47. The average Bonchev–Trinajstić information content (AvgIpc) is 2.15. The minimum Gasteiger partial charge on any atom is -0.332 e. The van der Waals surface area contributed by atoms with Crippen molar-refractivity contribution in [1.82, 2.24) is 4.90 Å². The summed E-state index contributed by atoms with van der Waals surface area (Å²) in [6.07, 6.45) is 2.34. The smallest absolute Gasteiger partial charge is 0.0622 e. The first-order valence-corrected chi connectivity index (χ1v) is 6.16. The lowest BCUT2D eigenvalue weighted by Gasteiger charge is -2.21. The average molecular weight is 220 g/mol. The maximum Gasteiger partial charge on any atom is 0.0622 e. The van der Waals surface area contributed by atoms with Gasteiger partial charge in [0.1, 0.15) is 0 Å². The zero-order chi connectivity index (χ0) is 12.4. The molecule has 0 saturated carbocycles. The summed E-state index contributed by atoms with van der Waals surface area (Å²) in [4.78, 5) is 2.21. The highest BCUT2D eigenvalue weighted by molar-refractivity contribution is 4.99. The molecule has 0 aromatic carbocycles. The van der Waals surface area contributed by atoms with Crippen molar-refractivity contribution in [1.29, 1.82) is 5.26 Å². The summed E-state index contributed by atoms with van der Waals surface area (Å²) in [6.45, 7) is 10.9. The molecule has 0 saturated heterocycles. The first-order valence-electron chi connectivity index (χ1n) is 6.16. The minimum absolute atomic E-state index is 0.614. The predicted octanol–water partition coefficient (Wildman–Crippen LogP) is 3.26. The summed E-state index contributed by atoms with van der Waals surface area (Å²) in [5, 5.41) is 8.40. The van der Waals surface area contributed by atoms with Crippen molar-refractivity contribution < 1.29 is 0 Å².